The Balaban J connectivity index is 1.70. The molecular formula is C23H18N2O5. The molecule has 4 rings (SSSR count). The van der Waals surface area contributed by atoms with Crippen molar-refractivity contribution in [2.45, 2.75) is 13.5 Å². The summed E-state index contributed by atoms with van der Waals surface area (Å²) >= 11 is 0. The summed E-state index contributed by atoms with van der Waals surface area (Å²) < 4.78 is 7.34. The van der Waals surface area contributed by atoms with Gasteiger partial charge in [-0.3, -0.25) is 4.99 Å². The summed E-state index contributed by atoms with van der Waals surface area (Å²) in [7, 11) is 0. The first-order valence-electron chi connectivity index (χ1n) is 9.20. The van der Waals surface area contributed by atoms with Crippen LogP contribution in [0.3, 0.4) is 0 Å². The van der Waals surface area contributed by atoms with Gasteiger partial charge in [0.25, 0.3) is 0 Å². The van der Waals surface area contributed by atoms with Gasteiger partial charge in [-0.05, 0) is 42.8 Å². The first kappa shape index (κ1) is 19.2. The summed E-state index contributed by atoms with van der Waals surface area (Å²) in [5, 5.41) is 19.2. The SMILES string of the molecule is Cc1ccc(C(=O)O)cc1N=Cc1cn(Cc2ccc(C(=O)O)o2)c2ccccc12. The van der Waals surface area contributed by atoms with Crippen molar-refractivity contribution < 1.29 is 24.2 Å². The van der Waals surface area contributed by atoms with Crippen molar-refractivity contribution in [1.82, 2.24) is 4.57 Å². The third-order valence-electron chi connectivity index (χ3n) is 4.82. The van der Waals surface area contributed by atoms with Crippen LogP contribution in [0.5, 0.6) is 0 Å². The molecule has 4 aromatic rings. The Kier molecular flexibility index (Phi) is 4.93. The Morgan fingerprint density at radius 2 is 1.87 bits per heavy atom. The zero-order valence-corrected chi connectivity index (χ0v) is 16.1. The Morgan fingerprint density at radius 1 is 1.07 bits per heavy atom. The largest absolute Gasteiger partial charge is 0.478 e. The van der Waals surface area contributed by atoms with Gasteiger partial charge >= 0.3 is 11.9 Å². The van der Waals surface area contributed by atoms with Crippen LogP contribution in [0.25, 0.3) is 10.9 Å². The molecule has 2 aromatic heterocycles. The molecule has 2 heterocycles. The molecule has 30 heavy (non-hydrogen) atoms. The number of hydrogen-bond donors (Lipinski definition) is 2. The van der Waals surface area contributed by atoms with E-state index in [0.29, 0.717) is 18.0 Å². The Morgan fingerprint density at radius 3 is 2.60 bits per heavy atom. The lowest BCUT2D eigenvalue weighted by Crippen LogP contribution is -1.97. The quantitative estimate of drug-likeness (QED) is 0.453. The van der Waals surface area contributed by atoms with Gasteiger partial charge in [0.15, 0.2) is 0 Å². The lowest BCUT2D eigenvalue weighted by molar-refractivity contribution is 0.0657. The predicted molar refractivity (Wildman–Crippen MR) is 112 cm³/mol. The van der Waals surface area contributed by atoms with Crippen molar-refractivity contribution in [3.05, 3.63) is 89.0 Å². The summed E-state index contributed by atoms with van der Waals surface area (Å²) in [5.74, 6) is -1.67. The van der Waals surface area contributed by atoms with E-state index < -0.39 is 11.9 Å². The Labute approximate surface area is 171 Å². The maximum absolute atomic E-state index is 11.2. The molecule has 150 valence electrons. The van der Waals surface area contributed by atoms with Crippen LogP contribution >= 0.6 is 0 Å². The molecule has 7 nitrogen and oxygen atoms in total. The monoisotopic (exact) mass is 402 g/mol. The molecule has 2 aromatic carbocycles. The molecule has 0 unspecified atom stereocenters. The number of nitrogens with zero attached hydrogens (tertiary/aromatic N) is 2. The number of hydrogen-bond acceptors (Lipinski definition) is 4. The van der Waals surface area contributed by atoms with Gasteiger partial charge in [-0.15, -0.1) is 0 Å². The van der Waals surface area contributed by atoms with Crippen LogP contribution in [0.1, 0.15) is 37.8 Å². The number of carboxylic acids is 2. The molecule has 0 saturated carbocycles. The first-order chi connectivity index (χ1) is 14.4. The van der Waals surface area contributed by atoms with Crippen molar-refractivity contribution in [2.24, 2.45) is 4.99 Å². The number of aryl methyl sites for hydroxylation is 1. The predicted octanol–water partition coefficient (Wildman–Crippen LogP) is 4.74. The molecule has 0 amide bonds. The maximum atomic E-state index is 11.2. The van der Waals surface area contributed by atoms with Gasteiger partial charge in [-0.2, -0.15) is 0 Å². The second-order valence-corrected chi connectivity index (χ2v) is 6.87. The third-order valence-corrected chi connectivity index (χ3v) is 4.82. The van der Waals surface area contributed by atoms with Crippen LogP contribution in [0.2, 0.25) is 0 Å². The molecule has 0 atom stereocenters. The fraction of sp³-hybridized carbons (Fsp3) is 0.0870. The Bertz CT molecular complexity index is 1300. The van der Waals surface area contributed by atoms with Gasteiger partial charge < -0.3 is 19.2 Å². The zero-order chi connectivity index (χ0) is 21.3. The van der Waals surface area contributed by atoms with Gasteiger partial charge in [0.2, 0.25) is 5.76 Å². The number of carboxylic acid groups (broad SMARTS) is 2. The van der Waals surface area contributed by atoms with Crippen molar-refractivity contribution in [2.75, 3.05) is 0 Å². The van der Waals surface area contributed by atoms with E-state index in [0.717, 1.165) is 22.0 Å². The Hall–Kier alpha value is -4.13. The van der Waals surface area contributed by atoms with E-state index in [-0.39, 0.29) is 11.3 Å². The summed E-state index contributed by atoms with van der Waals surface area (Å²) in [6, 6.07) is 15.7. The standard InChI is InChI=1S/C23H18N2O5/c1-14-6-7-15(22(26)27)10-19(14)24-11-16-12-25(20-5-3-2-4-18(16)20)13-17-8-9-21(30-17)23(28)29/h2-12H,13H2,1H3,(H,26,27)(H,28,29). The lowest BCUT2D eigenvalue weighted by Gasteiger charge is -2.02. The van der Waals surface area contributed by atoms with Gasteiger partial charge in [0.05, 0.1) is 17.8 Å². The summed E-state index contributed by atoms with van der Waals surface area (Å²) in [6.45, 7) is 2.24. The number of aliphatic imine (C=N–C) groups is 1. The third kappa shape index (κ3) is 3.73. The van der Waals surface area contributed by atoms with E-state index in [9.17, 15) is 14.7 Å². The van der Waals surface area contributed by atoms with Crippen molar-refractivity contribution >= 4 is 34.7 Å². The minimum Gasteiger partial charge on any atom is -0.478 e. The van der Waals surface area contributed by atoms with Crippen molar-refractivity contribution in [3.8, 4) is 0 Å². The van der Waals surface area contributed by atoms with E-state index >= 15 is 0 Å². The fourth-order valence-corrected chi connectivity index (χ4v) is 3.28. The summed E-state index contributed by atoms with van der Waals surface area (Å²) in [6.07, 6.45) is 3.62. The lowest BCUT2D eigenvalue weighted by atomic mass is 10.1. The molecule has 0 aliphatic carbocycles. The van der Waals surface area contributed by atoms with Crippen LogP contribution in [0.4, 0.5) is 5.69 Å². The van der Waals surface area contributed by atoms with Crippen LogP contribution in [0.15, 0.2) is 70.2 Å². The molecule has 7 heteroatoms. The van der Waals surface area contributed by atoms with Gasteiger partial charge in [-0.1, -0.05) is 24.3 Å². The number of fused-ring (bicyclic) bond motifs is 1. The highest BCUT2D eigenvalue weighted by molar-refractivity contribution is 6.00. The van der Waals surface area contributed by atoms with E-state index in [1.807, 2.05) is 42.0 Å². The number of benzene rings is 2. The molecule has 2 N–H and O–H groups in total. The second kappa shape index (κ2) is 7.71. The van der Waals surface area contributed by atoms with Crippen LogP contribution < -0.4 is 0 Å². The molecule has 0 fully saturated rings. The van der Waals surface area contributed by atoms with Gasteiger partial charge in [0.1, 0.15) is 5.76 Å². The number of rotatable bonds is 6. The minimum absolute atomic E-state index is 0.1000. The normalized spacial score (nSPS) is 11.4. The molecule has 0 saturated heterocycles. The van der Waals surface area contributed by atoms with E-state index in [2.05, 4.69) is 4.99 Å². The van der Waals surface area contributed by atoms with Crippen LogP contribution in [-0.2, 0) is 6.54 Å². The van der Waals surface area contributed by atoms with E-state index in [1.165, 1.54) is 6.07 Å². The van der Waals surface area contributed by atoms with Crippen LogP contribution in [-0.4, -0.2) is 32.9 Å². The number of aromatic carboxylic acids is 2. The summed E-state index contributed by atoms with van der Waals surface area (Å²) in [5.41, 5.74) is 3.45. The number of para-hydroxylation sites is 1. The highest BCUT2D eigenvalue weighted by atomic mass is 16.4. The second-order valence-electron chi connectivity index (χ2n) is 6.87. The number of carbonyl (C=O) groups is 2. The van der Waals surface area contributed by atoms with Crippen molar-refractivity contribution in [3.63, 3.8) is 0 Å². The van der Waals surface area contributed by atoms with Gasteiger partial charge in [-0.25, -0.2) is 9.59 Å². The van der Waals surface area contributed by atoms with E-state index in [1.54, 1.807) is 30.5 Å². The highest BCUT2D eigenvalue weighted by Crippen LogP contribution is 2.24. The molecule has 0 aliphatic rings. The average Bonchev–Trinajstić information content (AvgIpc) is 3.33. The molecule has 0 bridgehead atoms. The van der Waals surface area contributed by atoms with Crippen molar-refractivity contribution in [1.29, 1.82) is 0 Å². The van der Waals surface area contributed by atoms with Gasteiger partial charge in [0, 0.05) is 28.9 Å². The maximum Gasteiger partial charge on any atom is 0.371 e. The molecule has 0 spiro atoms. The summed E-state index contributed by atoms with van der Waals surface area (Å²) in [4.78, 5) is 26.8. The molecular weight excluding hydrogens is 384 g/mol. The number of furan rings is 1. The fourth-order valence-electron chi connectivity index (χ4n) is 3.28. The zero-order valence-electron chi connectivity index (χ0n) is 16.1. The smallest absolute Gasteiger partial charge is 0.371 e. The average molecular weight is 402 g/mol. The first-order valence-corrected chi connectivity index (χ1v) is 9.20. The molecule has 0 aliphatic heterocycles. The topological polar surface area (TPSA) is 105 Å². The highest BCUT2D eigenvalue weighted by Gasteiger charge is 2.12. The minimum atomic E-state index is -1.11. The van der Waals surface area contributed by atoms with E-state index in [4.69, 9.17) is 9.52 Å². The molecule has 0 radical (unpaired) electrons. The number of aromatic nitrogens is 1. The van der Waals surface area contributed by atoms with Crippen LogP contribution in [0, 0.1) is 6.92 Å².